The van der Waals surface area contributed by atoms with Crippen LogP contribution in [0.15, 0.2) is 54.6 Å². The Kier molecular flexibility index (Phi) is 6.05. The smallest absolute Gasteiger partial charge is 0.227 e. The molecular weight excluding hydrogens is 324 g/mol. The summed E-state index contributed by atoms with van der Waals surface area (Å²) in [4.78, 5) is 25.9. The maximum absolute atomic E-state index is 12.3. The monoisotopic (exact) mass is 350 g/mol. The van der Waals surface area contributed by atoms with Crippen LogP contribution in [0.25, 0.3) is 0 Å². The lowest BCUT2D eigenvalue weighted by atomic mass is 10.1. The van der Waals surface area contributed by atoms with Gasteiger partial charge in [0.2, 0.25) is 11.8 Å². The van der Waals surface area contributed by atoms with Gasteiger partial charge in [0.05, 0.1) is 6.42 Å². The molecule has 2 aromatic rings. The van der Waals surface area contributed by atoms with E-state index in [-0.39, 0.29) is 17.9 Å². The molecule has 2 amide bonds. The highest BCUT2D eigenvalue weighted by atomic mass is 16.2. The number of hydrogen-bond acceptors (Lipinski definition) is 2. The van der Waals surface area contributed by atoms with Crippen LogP contribution in [-0.4, -0.2) is 24.4 Å². The van der Waals surface area contributed by atoms with Gasteiger partial charge in [0.1, 0.15) is 0 Å². The first-order valence-corrected chi connectivity index (χ1v) is 9.34. The maximum Gasteiger partial charge on any atom is 0.227 e. The van der Waals surface area contributed by atoms with Crippen LogP contribution in [-0.2, 0) is 22.4 Å². The number of hydrogen-bond donors (Lipinski definition) is 1. The van der Waals surface area contributed by atoms with Crippen LogP contribution in [0.2, 0.25) is 0 Å². The quantitative estimate of drug-likeness (QED) is 0.831. The van der Waals surface area contributed by atoms with Crippen molar-refractivity contribution in [3.8, 4) is 0 Å². The van der Waals surface area contributed by atoms with Gasteiger partial charge < -0.3 is 10.2 Å². The van der Waals surface area contributed by atoms with E-state index >= 15 is 0 Å². The molecule has 0 aromatic heterocycles. The zero-order chi connectivity index (χ0) is 18.4. The molecule has 0 spiro atoms. The molecule has 1 aliphatic heterocycles. The van der Waals surface area contributed by atoms with E-state index < -0.39 is 0 Å². The number of aryl methyl sites for hydroxylation is 1. The third-order valence-corrected chi connectivity index (χ3v) is 4.80. The third-order valence-electron chi connectivity index (χ3n) is 4.80. The molecule has 1 atom stereocenters. The summed E-state index contributed by atoms with van der Waals surface area (Å²) >= 11 is 0. The number of amides is 2. The minimum absolute atomic E-state index is 0.0376. The highest BCUT2D eigenvalue weighted by molar-refractivity contribution is 5.95. The van der Waals surface area contributed by atoms with Gasteiger partial charge in [-0.25, -0.2) is 0 Å². The van der Waals surface area contributed by atoms with E-state index in [0.29, 0.717) is 12.8 Å². The predicted octanol–water partition coefficient (Wildman–Crippen LogP) is 3.49. The van der Waals surface area contributed by atoms with Crippen molar-refractivity contribution in [1.82, 2.24) is 5.32 Å². The summed E-state index contributed by atoms with van der Waals surface area (Å²) in [5.74, 6) is 0.221. The maximum atomic E-state index is 12.3. The third kappa shape index (κ3) is 4.94. The first kappa shape index (κ1) is 18.2. The Hall–Kier alpha value is -2.62. The van der Waals surface area contributed by atoms with Gasteiger partial charge in [0.15, 0.2) is 0 Å². The van der Waals surface area contributed by atoms with Crippen molar-refractivity contribution in [1.29, 1.82) is 0 Å². The second-order valence-electron chi connectivity index (χ2n) is 6.98. The van der Waals surface area contributed by atoms with Crippen molar-refractivity contribution in [2.24, 2.45) is 0 Å². The Morgan fingerprint density at radius 2 is 1.81 bits per heavy atom. The van der Waals surface area contributed by atoms with Crippen LogP contribution >= 0.6 is 0 Å². The van der Waals surface area contributed by atoms with Crippen LogP contribution in [0.4, 0.5) is 5.69 Å². The summed E-state index contributed by atoms with van der Waals surface area (Å²) in [5.41, 5.74) is 3.18. The molecule has 1 heterocycles. The molecule has 1 unspecified atom stereocenters. The van der Waals surface area contributed by atoms with Gasteiger partial charge in [0.25, 0.3) is 0 Å². The molecule has 0 saturated carbocycles. The van der Waals surface area contributed by atoms with Gasteiger partial charge in [-0.2, -0.15) is 0 Å². The fraction of sp³-hybridized carbons (Fsp3) is 0.364. The van der Waals surface area contributed by atoms with Crippen molar-refractivity contribution in [2.45, 2.75) is 45.1 Å². The zero-order valence-electron chi connectivity index (χ0n) is 15.3. The van der Waals surface area contributed by atoms with Crippen LogP contribution in [0.3, 0.4) is 0 Å². The van der Waals surface area contributed by atoms with E-state index in [1.165, 1.54) is 5.56 Å². The summed E-state index contributed by atoms with van der Waals surface area (Å²) in [5, 5.41) is 3.07. The van der Waals surface area contributed by atoms with Gasteiger partial charge in [-0.1, -0.05) is 42.5 Å². The highest BCUT2D eigenvalue weighted by Crippen LogP contribution is 2.21. The first-order valence-electron chi connectivity index (χ1n) is 9.34. The molecule has 1 N–H and O–H groups in total. The summed E-state index contributed by atoms with van der Waals surface area (Å²) in [6.45, 7) is 2.83. The molecule has 0 aliphatic carbocycles. The van der Waals surface area contributed by atoms with Crippen molar-refractivity contribution in [2.75, 3.05) is 11.4 Å². The van der Waals surface area contributed by atoms with Crippen LogP contribution < -0.4 is 10.2 Å². The minimum Gasteiger partial charge on any atom is -0.353 e. The van der Waals surface area contributed by atoms with Gasteiger partial charge in [-0.05, 0) is 49.4 Å². The second-order valence-corrected chi connectivity index (χ2v) is 6.98. The average molecular weight is 350 g/mol. The van der Waals surface area contributed by atoms with E-state index in [0.717, 1.165) is 37.1 Å². The number of benzene rings is 2. The number of anilines is 1. The van der Waals surface area contributed by atoms with Crippen molar-refractivity contribution in [3.63, 3.8) is 0 Å². The lowest BCUT2D eigenvalue weighted by molar-refractivity contribution is -0.121. The summed E-state index contributed by atoms with van der Waals surface area (Å²) in [6, 6.07) is 18.2. The van der Waals surface area contributed by atoms with E-state index in [9.17, 15) is 9.59 Å². The van der Waals surface area contributed by atoms with E-state index in [4.69, 9.17) is 0 Å². The number of carbonyl (C=O) groups excluding carboxylic acids is 2. The molecule has 2 aromatic carbocycles. The Bertz CT molecular complexity index is 740. The summed E-state index contributed by atoms with van der Waals surface area (Å²) in [6.07, 6.45) is 3.80. The number of carbonyl (C=O) groups is 2. The molecule has 0 bridgehead atoms. The summed E-state index contributed by atoms with van der Waals surface area (Å²) < 4.78 is 0. The Labute approximate surface area is 155 Å². The fourth-order valence-electron chi connectivity index (χ4n) is 3.33. The predicted molar refractivity (Wildman–Crippen MR) is 104 cm³/mol. The SMILES string of the molecule is CC(CCc1ccccc1)NC(=O)Cc1ccc(N2CCCC2=O)cc1. The van der Waals surface area contributed by atoms with Gasteiger partial charge >= 0.3 is 0 Å². The first-order chi connectivity index (χ1) is 12.6. The molecule has 0 radical (unpaired) electrons. The van der Waals surface area contributed by atoms with Crippen LogP contribution in [0.5, 0.6) is 0 Å². The Morgan fingerprint density at radius 1 is 1.08 bits per heavy atom. The molecule has 4 nitrogen and oxygen atoms in total. The summed E-state index contributed by atoms with van der Waals surface area (Å²) in [7, 11) is 0. The largest absolute Gasteiger partial charge is 0.353 e. The van der Waals surface area contributed by atoms with E-state index in [2.05, 4.69) is 17.4 Å². The number of nitrogens with zero attached hydrogens (tertiary/aromatic N) is 1. The second kappa shape index (κ2) is 8.65. The number of rotatable bonds is 7. The van der Waals surface area contributed by atoms with Gasteiger partial charge in [0, 0.05) is 24.7 Å². The molecule has 1 saturated heterocycles. The minimum atomic E-state index is 0.0376. The molecular formula is C22H26N2O2. The standard InChI is InChI=1S/C22H26N2O2/c1-17(9-10-18-6-3-2-4-7-18)23-21(25)16-19-11-13-20(14-12-19)24-15-5-8-22(24)26/h2-4,6-7,11-14,17H,5,8-10,15-16H2,1H3,(H,23,25). The Morgan fingerprint density at radius 3 is 2.46 bits per heavy atom. The molecule has 4 heteroatoms. The van der Waals surface area contributed by atoms with Crippen LogP contribution in [0, 0.1) is 0 Å². The molecule has 26 heavy (non-hydrogen) atoms. The highest BCUT2D eigenvalue weighted by Gasteiger charge is 2.21. The normalized spacial score (nSPS) is 15.1. The lowest BCUT2D eigenvalue weighted by Gasteiger charge is -2.16. The van der Waals surface area contributed by atoms with Crippen LogP contribution in [0.1, 0.15) is 37.3 Å². The van der Waals surface area contributed by atoms with Gasteiger partial charge in [-0.3, -0.25) is 9.59 Å². The van der Waals surface area contributed by atoms with E-state index in [1.807, 2.05) is 54.3 Å². The molecule has 1 aliphatic rings. The average Bonchev–Trinajstić information content (AvgIpc) is 3.07. The van der Waals surface area contributed by atoms with Crippen molar-refractivity contribution < 1.29 is 9.59 Å². The molecule has 136 valence electrons. The Balaban J connectivity index is 1.46. The number of nitrogens with one attached hydrogen (secondary N) is 1. The van der Waals surface area contributed by atoms with Crippen molar-refractivity contribution in [3.05, 3.63) is 65.7 Å². The van der Waals surface area contributed by atoms with E-state index in [1.54, 1.807) is 0 Å². The topological polar surface area (TPSA) is 49.4 Å². The lowest BCUT2D eigenvalue weighted by Crippen LogP contribution is -2.34. The van der Waals surface area contributed by atoms with Crippen molar-refractivity contribution >= 4 is 17.5 Å². The van der Waals surface area contributed by atoms with Gasteiger partial charge in [-0.15, -0.1) is 0 Å². The molecule has 1 fully saturated rings. The zero-order valence-corrected chi connectivity index (χ0v) is 15.3. The molecule has 3 rings (SSSR count). The fourth-order valence-corrected chi connectivity index (χ4v) is 3.33.